The molecule has 2 spiro atoms. The first-order valence-corrected chi connectivity index (χ1v) is 41.1. The Hall–Kier alpha value is -15.1. The van der Waals surface area contributed by atoms with Crippen LogP contribution in [-0.4, -0.2) is 13.9 Å². The molecule has 0 fully saturated rings. The minimum absolute atomic E-state index is 0.635. The highest BCUT2D eigenvalue weighted by atomic mass is 16.9. The third-order valence-corrected chi connectivity index (χ3v) is 23.2. The molecule has 4 aliphatic rings. The van der Waals surface area contributed by atoms with Crippen LogP contribution in [0.1, 0.15) is 22.3 Å². The Morgan fingerprint density at radius 1 is 0.142 bits per heavy atom. The maximum atomic E-state index is 6.94. The van der Waals surface area contributed by atoms with Gasteiger partial charge in [-0.1, -0.05) is 364 Å². The van der Waals surface area contributed by atoms with Gasteiger partial charge in [-0.25, -0.2) is 0 Å². The van der Waals surface area contributed by atoms with E-state index in [0.29, 0.717) is 46.0 Å². The summed E-state index contributed by atoms with van der Waals surface area (Å²) in [7, 11) is 0. The molecule has 20 aromatic rings. The van der Waals surface area contributed by atoms with Crippen molar-refractivity contribution in [3.05, 3.63) is 435 Å². The van der Waals surface area contributed by atoms with Crippen molar-refractivity contribution < 1.29 is 47.9 Å². The fourth-order valence-electron chi connectivity index (χ4n) is 17.7. The van der Waals surface area contributed by atoms with Gasteiger partial charge in [-0.05, 0) is 135 Å². The fourth-order valence-corrected chi connectivity index (χ4v) is 17.7. The van der Waals surface area contributed by atoms with E-state index >= 15 is 0 Å². The van der Waals surface area contributed by atoms with Crippen LogP contribution in [0.25, 0.3) is 131 Å². The van der Waals surface area contributed by atoms with E-state index < -0.39 is 13.9 Å². The number of hydrogen-bond acceptors (Lipinski definition) is 8. The minimum Gasteiger partial charge on any atom is -0.611 e. The largest absolute Gasteiger partial charge is 0.777 e. The van der Waals surface area contributed by atoms with Crippen molar-refractivity contribution in [1.82, 2.24) is 0 Å². The summed E-state index contributed by atoms with van der Waals surface area (Å²) in [5.74, 6) is 5.08. The maximum absolute atomic E-state index is 6.94. The van der Waals surface area contributed by atoms with Gasteiger partial charge in [0, 0.05) is 66.8 Å². The van der Waals surface area contributed by atoms with Crippen LogP contribution in [0.2, 0.25) is 0 Å². The average Bonchev–Trinajstić information content (AvgIpc) is 1.56. The van der Waals surface area contributed by atoms with Crippen molar-refractivity contribution in [2.75, 3.05) is 0 Å². The Morgan fingerprint density at radius 2 is 0.275 bits per heavy atom. The van der Waals surface area contributed by atoms with E-state index in [2.05, 4.69) is 375 Å². The molecular formula is C108H80B2N2O8. The monoisotopic (exact) mass is 1550 g/mol. The molecule has 10 nitrogen and oxygen atoms in total. The molecule has 4 aliphatic heterocycles. The van der Waals surface area contributed by atoms with Gasteiger partial charge >= 0.3 is 13.9 Å². The summed E-state index contributed by atoms with van der Waals surface area (Å²) in [5, 5.41) is 22.0. The molecule has 0 aliphatic carbocycles. The molecule has 0 aromatic heterocycles. The van der Waals surface area contributed by atoms with Gasteiger partial charge in [-0.2, -0.15) is 0 Å². The van der Waals surface area contributed by atoms with Crippen LogP contribution in [0.4, 0.5) is 0 Å². The predicted molar refractivity (Wildman–Crippen MR) is 489 cm³/mol. The minimum atomic E-state index is -2.89. The van der Waals surface area contributed by atoms with Gasteiger partial charge in [-0.3, -0.25) is 0 Å². The third kappa shape index (κ3) is 13.9. The molecular weight excluding hydrogens is 1470 g/mol. The first-order chi connectivity index (χ1) is 59.4. The normalized spacial score (nSPS) is 13.2. The molecule has 12 heteroatoms. The number of quaternary nitrogens is 2. The highest BCUT2D eigenvalue weighted by Gasteiger charge is 2.50. The van der Waals surface area contributed by atoms with Crippen LogP contribution in [0, 0.1) is 0 Å². The van der Waals surface area contributed by atoms with E-state index in [-0.39, 0.29) is 0 Å². The van der Waals surface area contributed by atoms with Crippen molar-refractivity contribution >= 4 is 100 Å². The fraction of sp³-hybridized carbons (Fsp3) is 0.0370. The SMILES string of the molecule is c1ccc(C[NH2+]Cc2ccccc2)cc1.c1ccc(C[NH2+]Cc2ccccc2)cc1.c1ccc2c3c(ccc2c1)O[B-]1(Oc2ccc4ccccc4c2-3)Oc2ccc3ccccc3c2-c2c(ccc3ccccc23)O1.c1ccc2c3c(ccc2c1)O[B-]1(Oc2ccc4ccccc4c2-3)Oc2ccc3ccccc3c2-c2c(ccc3ccccc23)O1. The lowest BCUT2D eigenvalue weighted by atomic mass is 9.92. The van der Waals surface area contributed by atoms with Crippen LogP contribution < -0.4 is 47.9 Å². The second-order valence-corrected chi connectivity index (χ2v) is 30.7. The molecule has 0 bridgehead atoms. The van der Waals surface area contributed by atoms with Gasteiger partial charge in [-0.15, -0.1) is 0 Å². The summed E-state index contributed by atoms with van der Waals surface area (Å²) in [6, 6.07) is 142. The Bertz CT molecular complexity index is 6060. The molecule has 4 N–H and O–H groups in total. The zero-order valence-corrected chi connectivity index (χ0v) is 65.7. The Balaban J connectivity index is 0.000000111. The highest BCUT2D eigenvalue weighted by Crippen LogP contribution is 2.56. The zero-order chi connectivity index (χ0) is 79.8. The average molecular weight is 1560 g/mol. The zero-order valence-electron chi connectivity index (χ0n) is 65.7. The third-order valence-electron chi connectivity index (χ3n) is 23.2. The number of benzene rings is 20. The lowest BCUT2D eigenvalue weighted by Gasteiger charge is -2.39. The molecule has 0 amide bonds. The topological polar surface area (TPSA) is 107 Å². The molecule has 576 valence electrons. The number of rotatable bonds is 8. The molecule has 24 rings (SSSR count). The molecule has 0 unspecified atom stereocenters. The molecule has 0 saturated heterocycles. The van der Waals surface area contributed by atoms with Crippen LogP contribution in [0.3, 0.4) is 0 Å². The van der Waals surface area contributed by atoms with Gasteiger partial charge in [0.05, 0.1) is 46.0 Å². The maximum Gasteiger partial charge on any atom is 0.777 e. The Morgan fingerprint density at radius 3 is 0.425 bits per heavy atom. The molecule has 4 heterocycles. The van der Waals surface area contributed by atoms with Gasteiger partial charge in [0.15, 0.2) is 0 Å². The van der Waals surface area contributed by atoms with Crippen molar-refractivity contribution in [1.29, 1.82) is 0 Å². The molecule has 0 atom stereocenters. The van der Waals surface area contributed by atoms with Crippen molar-refractivity contribution in [3.8, 4) is 90.5 Å². The van der Waals surface area contributed by atoms with E-state index in [1.165, 1.54) is 22.3 Å². The van der Waals surface area contributed by atoms with E-state index in [1.54, 1.807) is 0 Å². The molecule has 0 radical (unpaired) electrons. The van der Waals surface area contributed by atoms with E-state index in [9.17, 15) is 0 Å². The summed E-state index contributed by atoms with van der Waals surface area (Å²) < 4.78 is 55.5. The number of nitrogens with two attached hydrogens (primary N) is 2. The molecule has 0 saturated carbocycles. The van der Waals surface area contributed by atoms with Crippen molar-refractivity contribution in [2.24, 2.45) is 0 Å². The van der Waals surface area contributed by atoms with Gasteiger partial charge in [0.2, 0.25) is 0 Å². The van der Waals surface area contributed by atoms with Crippen LogP contribution >= 0.6 is 0 Å². The number of fused-ring (bicyclic) bond motifs is 28. The summed E-state index contributed by atoms with van der Waals surface area (Å²) in [5.41, 5.74) is 13.1. The quantitative estimate of drug-likeness (QED) is 0.145. The van der Waals surface area contributed by atoms with Gasteiger partial charge < -0.3 is 47.9 Å². The van der Waals surface area contributed by atoms with Crippen molar-refractivity contribution in [2.45, 2.75) is 26.2 Å². The predicted octanol–water partition coefficient (Wildman–Crippen LogP) is 24.5. The second kappa shape index (κ2) is 31.5. The van der Waals surface area contributed by atoms with Gasteiger partial charge in [0.25, 0.3) is 0 Å². The molecule has 120 heavy (non-hydrogen) atoms. The summed E-state index contributed by atoms with van der Waals surface area (Å²) in [6.07, 6.45) is 0. The summed E-state index contributed by atoms with van der Waals surface area (Å²) in [4.78, 5) is 0. The van der Waals surface area contributed by atoms with Crippen molar-refractivity contribution in [3.63, 3.8) is 0 Å². The second-order valence-electron chi connectivity index (χ2n) is 30.7. The Labute approximate surface area is 695 Å². The van der Waals surface area contributed by atoms with E-state index in [0.717, 1.165) is 157 Å². The molecule has 20 aromatic carbocycles. The van der Waals surface area contributed by atoms with Gasteiger partial charge in [0.1, 0.15) is 26.2 Å². The smallest absolute Gasteiger partial charge is 0.611 e. The number of hydrogen-bond donors (Lipinski definition) is 2. The first-order valence-electron chi connectivity index (χ1n) is 41.1. The lowest BCUT2D eigenvalue weighted by molar-refractivity contribution is -0.686. The van der Waals surface area contributed by atoms with Crippen LogP contribution in [0.15, 0.2) is 413 Å². The first kappa shape index (κ1) is 72.6. The lowest BCUT2D eigenvalue weighted by Crippen LogP contribution is -2.80. The Kier molecular flexibility index (Phi) is 19.1. The summed E-state index contributed by atoms with van der Waals surface area (Å²) >= 11 is 0. The van der Waals surface area contributed by atoms with E-state index in [1.807, 2.05) is 48.5 Å². The van der Waals surface area contributed by atoms with E-state index in [4.69, 9.17) is 37.2 Å². The standard InChI is InChI=1S/2C40H24BO4.2C14H15N/c2*1-5-13-29-25(9-1)17-21-33-37(29)38-30-14-6-2-10-26(30)18-22-34(38)43-41(42-33)44-35-23-19-27-11-3-7-15-31(27)39(35)40-32-16-8-4-12-28(32)20-24-36(40)45-41;2*1-3-7-13(8-4-1)11-15-12-14-9-5-2-6-10-14/h2*1-24H;2*1-10,15H,11-12H2/q2*-1;;/p+2. The highest BCUT2D eigenvalue weighted by molar-refractivity contribution is 6.59. The van der Waals surface area contributed by atoms with Crippen LogP contribution in [-0.2, 0) is 26.2 Å². The summed E-state index contributed by atoms with van der Waals surface area (Å²) in [6.45, 7) is -1.58. The van der Waals surface area contributed by atoms with Crippen LogP contribution in [0.5, 0.6) is 46.0 Å².